The zero-order chi connectivity index (χ0) is 17.8. The number of aromatic nitrogens is 2. The summed E-state index contributed by atoms with van der Waals surface area (Å²) in [5.74, 6) is -2.17. The Morgan fingerprint density at radius 1 is 1.04 bits per heavy atom. The van der Waals surface area contributed by atoms with Crippen molar-refractivity contribution in [3.63, 3.8) is 0 Å². The summed E-state index contributed by atoms with van der Waals surface area (Å²) < 4.78 is 26.5. The molecule has 0 fully saturated rings. The van der Waals surface area contributed by atoms with Gasteiger partial charge in [0, 0.05) is 34.6 Å². The highest BCUT2D eigenvalue weighted by molar-refractivity contribution is 7.99. The predicted octanol–water partition coefficient (Wildman–Crippen LogP) is 4.47. The van der Waals surface area contributed by atoms with E-state index in [1.54, 1.807) is 24.5 Å². The Morgan fingerprint density at radius 3 is 2.36 bits per heavy atom. The van der Waals surface area contributed by atoms with Gasteiger partial charge >= 0.3 is 0 Å². The van der Waals surface area contributed by atoms with Crippen LogP contribution in [0.2, 0.25) is 0 Å². The largest absolute Gasteiger partial charge is 0.322 e. The van der Waals surface area contributed by atoms with E-state index in [4.69, 9.17) is 0 Å². The third-order valence-corrected chi connectivity index (χ3v) is 4.21. The lowest BCUT2D eigenvalue weighted by molar-refractivity contribution is 0.102. The average molecular weight is 357 g/mol. The van der Waals surface area contributed by atoms with Gasteiger partial charge in [0.2, 0.25) is 0 Å². The van der Waals surface area contributed by atoms with Crippen LogP contribution in [-0.2, 0) is 0 Å². The fourth-order valence-corrected chi connectivity index (χ4v) is 2.97. The first-order valence-corrected chi connectivity index (χ1v) is 8.16. The molecule has 4 nitrogen and oxygen atoms in total. The van der Waals surface area contributed by atoms with Gasteiger partial charge in [-0.15, -0.1) is 0 Å². The third-order valence-electron chi connectivity index (χ3n) is 3.32. The van der Waals surface area contributed by atoms with Gasteiger partial charge in [-0.25, -0.2) is 18.7 Å². The number of hydrogen-bond acceptors (Lipinski definition) is 4. The Morgan fingerprint density at radius 2 is 1.72 bits per heavy atom. The van der Waals surface area contributed by atoms with Crippen molar-refractivity contribution in [1.82, 2.24) is 9.97 Å². The Balaban J connectivity index is 1.76. The Kier molecular flexibility index (Phi) is 5.04. The molecule has 1 amide bonds. The molecule has 0 bridgehead atoms. The van der Waals surface area contributed by atoms with Crippen LogP contribution in [0.5, 0.6) is 0 Å². The molecule has 0 unspecified atom stereocenters. The molecule has 0 aliphatic rings. The number of carbonyl (C=O) groups excluding carboxylic acids is 1. The molecule has 0 atom stereocenters. The maximum Gasteiger partial charge on any atom is 0.255 e. The second-order valence-electron chi connectivity index (χ2n) is 5.22. The van der Waals surface area contributed by atoms with Gasteiger partial charge in [-0.3, -0.25) is 4.79 Å². The van der Waals surface area contributed by atoms with Gasteiger partial charge < -0.3 is 5.32 Å². The lowest BCUT2D eigenvalue weighted by atomic mass is 10.1. The molecular weight excluding hydrogens is 344 g/mol. The topological polar surface area (TPSA) is 54.9 Å². The smallest absolute Gasteiger partial charge is 0.255 e. The molecule has 0 saturated heterocycles. The number of nitrogens with one attached hydrogen (secondary N) is 1. The summed E-state index contributed by atoms with van der Waals surface area (Å²) in [6.07, 6.45) is 3.32. The molecule has 3 rings (SSSR count). The molecule has 126 valence electrons. The van der Waals surface area contributed by atoms with Crippen molar-refractivity contribution in [2.45, 2.75) is 17.0 Å². The first kappa shape index (κ1) is 17.0. The van der Waals surface area contributed by atoms with Gasteiger partial charge in [0.15, 0.2) is 5.16 Å². The molecule has 0 aliphatic heterocycles. The number of anilines is 1. The number of carbonyl (C=O) groups is 1. The summed E-state index contributed by atoms with van der Waals surface area (Å²) in [5, 5.41) is 3.28. The fourth-order valence-electron chi connectivity index (χ4n) is 2.16. The molecule has 3 aromatic rings. The van der Waals surface area contributed by atoms with E-state index < -0.39 is 17.5 Å². The third kappa shape index (κ3) is 4.39. The monoisotopic (exact) mass is 357 g/mol. The molecule has 0 spiro atoms. The van der Waals surface area contributed by atoms with E-state index >= 15 is 0 Å². The molecule has 1 heterocycles. The van der Waals surface area contributed by atoms with Gasteiger partial charge in [-0.05, 0) is 60.6 Å². The second-order valence-corrected chi connectivity index (χ2v) is 6.26. The molecule has 0 aliphatic carbocycles. The number of benzene rings is 2. The molecule has 0 radical (unpaired) electrons. The van der Waals surface area contributed by atoms with Gasteiger partial charge in [0.05, 0.1) is 0 Å². The summed E-state index contributed by atoms with van der Waals surface area (Å²) in [7, 11) is 0. The van der Waals surface area contributed by atoms with Gasteiger partial charge in [-0.2, -0.15) is 0 Å². The number of hydrogen-bond donors (Lipinski definition) is 1. The van der Waals surface area contributed by atoms with Crippen molar-refractivity contribution in [1.29, 1.82) is 0 Å². The Labute approximate surface area is 147 Å². The molecule has 7 heteroatoms. The molecule has 1 aromatic heterocycles. The lowest BCUT2D eigenvalue weighted by Gasteiger charge is -2.10. The predicted molar refractivity (Wildman–Crippen MR) is 91.6 cm³/mol. The van der Waals surface area contributed by atoms with Gasteiger partial charge in [-0.1, -0.05) is 0 Å². The summed E-state index contributed by atoms with van der Waals surface area (Å²) in [6.45, 7) is 1.83. The normalized spacial score (nSPS) is 10.5. The first-order valence-electron chi connectivity index (χ1n) is 7.34. The Bertz CT molecular complexity index is 899. The first-order chi connectivity index (χ1) is 12.0. The highest BCUT2D eigenvalue weighted by Crippen LogP contribution is 2.28. The van der Waals surface area contributed by atoms with Crippen LogP contribution in [0.4, 0.5) is 14.5 Å². The van der Waals surface area contributed by atoms with Crippen LogP contribution >= 0.6 is 11.8 Å². The standard InChI is InChI=1S/C18H13F2N3OS/c1-11-7-15(25-18-21-5-2-6-22-18)3-4-16(11)23-17(24)12-8-13(19)10-14(20)9-12/h2-10H,1H3,(H,23,24). The minimum Gasteiger partial charge on any atom is -0.322 e. The fraction of sp³-hybridized carbons (Fsp3) is 0.0556. The van der Waals surface area contributed by atoms with Crippen molar-refractivity contribution < 1.29 is 13.6 Å². The van der Waals surface area contributed by atoms with E-state index in [0.717, 1.165) is 28.7 Å². The second kappa shape index (κ2) is 7.40. The van der Waals surface area contributed by atoms with E-state index in [1.807, 2.05) is 19.1 Å². The van der Waals surface area contributed by atoms with Crippen molar-refractivity contribution in [3.05, 3.63) is 77.6 Å². The van der Waals surface area contributed by atoms with E-state index in [1.165, 1.54) is 11.8 Å². The summed E-state index contributed by atoms with van der Waals surface area (Å²) in [6, 6.07) is 9.87. The van der Waals surface area contributed by atoms with Crippen LogP contribution in [0.3, 0.4) is 0 Å². The van der Waals surface area contributed by atoms with Crippen LogP contribution in [-0.4, -0.2) is 15.9 Å². The zero-order valence-electron chi connectivity index (χ0n) is 13.2. The summed E-state index contributed by atoms with van der Waals surface area (Å²) >= 11 is 1.40. The van der Waals surface area contributed by atoms with Crippen LogP contribution < -0.4 is 5.32 Å². The lowest BCUT2D eigenvalue weighted by Crippen LogP contribution is -2.13. The van der Waals surface area contributed by atoms with E-state index in [-0.39, 0.29) is 5.56 Å². The quantitative estimate of drug-likeness (QED) is 0.700. The number of halogens is 2. The minimum absolute atomic E-state index is 0.0759. The van der Waals surface area contributed by atoms with Crippen molar-refractivity contribution in [2.24, 2.45) is 0 Å². The molecular formula is C18H13F2N3OS. The molecule has 2 aromatic carbocycles. The number of aryl methyl sites for hydroxylation is 1. The number of amides is 1. The summed E-state index contributed by atoms with van der Waals surface area (Å²) in [4.78, 5) is 21.4. The van der Waals surface area contributed by atoms with Crippen molar-refractivity contribution in [2.75, 3.05) is 5.32 Å². The van der Waals surface area contributed by atoms with E-state index in [2.05, 4.69) is 15.3 Å². The SMILES string of the molecule is Cc1cc(Sc2ncccn2)ccc1NC(=O)c1cc(F)cc(F)c1. The number of rotatable bonds is 4. The molecule has 25 heavy (non-hydrogen) atoms. The van der Waals surface area contributed by atoms with Crippen molar-refractivity contribution >= 4 is 23.4 Å². The van der Waals surface area contributed by atoms with Gasteiger partial charge in [0.1, 0.15) is 11.6 Å². The minimum atomic E-state index is -0.795. The Hall–Kier alpha value is -2.80. The van der Waals surface area contributed by atoms with Crippen LogP contribution in [0, 0.1) is 18.6 Å². The zero-order valence-corrected chi connectivity index (χ0v) is 14.0. The van der Waals surface area contributed by atoms with Crippen LogP contribution in [0.1, 0.15) is 15.9 Å². The maximum atomic E-state index is 13.2. The van der Waals surface area contributed by atoms with Crippen LogP contribution in [0.15, 0.2) is 64.9 Å². The average Bonchev–Trinajstić information content (AvgIpc) is 2.57. The van der Waals surface area contributed by atoms with Gasteiger partial charge in [0.25, 0.3) is 5.91 Å². The highest BCUT2D eigenvalue weighted by Gasteiger charge is 2.11. The summed E-state index contributed by atoms with van der Waals surface area (Å²) in [5.41, 5.74) is 1.30. The molecule has 0 saturated carbocycles. The van der Waals surface area contributed by atoms with Crippen LogP contribution in [0.25, 0.3) is 0 Å². The van der Waals surface area contributed by atoms with Crippen molar-refractivity contribution in [3.8, 4) is 0 Å². The maximum absolute atomic E-state index is 13.2. The molecule has 1 N–H and O–H groups in total. The number of nitrogens with zero attached hydrogens (tertiary/aromatic N) is 2. The van der Waals surface area contributed by atoms with E-state index in [9.17, 15) is 13.6 Å². The van der Waals surface area contributed by atoms with E-state index in [0.29, 0.717) is 10.8 Å². The highest BCUT2D eigenvalue weighted by atomic mass is 32.2.